The number of nitrogens with one attached hydrogen (secondary N) is 2. The maximum absolute atomic E-state index is 11.4. The molecule has 0 saturated heterocycles. The number of hydrogen-bond acceptors (Lipinski definition) is 3. The lowest BCUT2D eigenvalue weighted by atomic mass is 10.3. The molecule has 1 amide bonds. The van der Waals surface area contributed by atoms with Crippen molar-refractivity contribution < 1.29 is 4.79 Å². The predicted molar refractivity (Wildman–Crippen MR) is 46.5 cm³/mol. The van der Waals surface area contributed by atoms with Crippen molar-refractivity contribution in [2.45, 2.75) is 18.4 Å². The summed E-state index contributed by atoms with van der Waals surface area (Å²) in [5.41, 5.74) is 0.119. The van der Waals surface area contributed by atoms with E-state index < -0.39 is 0 Å². The highest BCUT2D eigenvalue weighted by atomic mass is 35.5. The molecule has 0 radical (unpaired) electrons. The van der Waals surface area contributed by atoms with Gasteiger partial charge in [-0.15, -0.1) is 11.6 Å². The van der Waals surface area contributed by atoms with E-state index in [1.54, 1.807) is 0 Å². The summed E-state index contributed by atoms with van der Waals surface area (Å²) in [6, 6.07) is 0. The number of carbonyl (C=O) groups is 1. The van der Waals surface area contributed by atoms with E-state index >= 15 is 0 Å². The zero-order valence-electron chi connectivity index (χ0n) is 6.88. The van der Waals surface area contributed by atoms with Crippen LogP contribution in [0.2, 0.25) is 0 Å². The second kappa shape index (κ2) is 2.99. The number of carbonyl (C=O) groups excluding carboxylic acids is 1. The fraction of sp³-hybridized carbons (Fsp3) is 0.571. The number of nitrogens with zero attached hydrogens (tertiary/aromatic N) is 2. The van der Waals surface area contributed by atoms with Crippen LogP contribution in [0, 0.1) is 0 Å². The maximum atomic E-state index is 11.4. The molecule has 2 N–H and O–H groups in total. The van der Waals surface area contributed by atoms with E-state index in [1.165, 1.54) is 6.20 Å². The minimum absolute atomic E-state index is 0.183. The summed E-state index contributed by atoms with van der Waals surface area (Å²) in [5.74, 6) is 0.239. The number of aromatic nitrogens is 3. The molecule has 2 rings (SSSR count). The van der Waals surface area contributed by atoms with Crippen LogP contribution in [-0.2, 0) is 0 Å². The third kappa shape index (κ3) is 1.65. The smallest absolute Gasteiger partial charge is 0.273 e. The van der Waals surface area contributed by atoms with Crippen molar-refractivity contribution in [3.63, 3.8) is 0 Å². The van der Waals surface area contributed by atoms with Gasteiger partial charge in [0.2, 0.25) is 0 Å². The van der Waals surface area contributed by atoms with Gasteiger partial charge in [-0.2, -0.15) is 15.4 Å². The first-order valence-corrected chi connectivity index (χ1v) is 4.53. The number of amides is 1. The summed E-state index contributed by atoms with van der Waals surface area (Å²) in [7, 11) is 0. The second-order valence-electron chi connectivity index (χ2n) is 3.22. The summed E-state index contributed by atoms with van der Waals surface area (Å²) >= 11 is 5.70. The Balaban J connectivity index is 2.00. The Morgan fingerprint density at radius 3 is 3.00 bits per heavy atom. The van der Waals surface area contributed by atoms with Crippen LogP contribution in [0.5, 0.6) is 0 Å². The zero-order valence-corrected chi connectivity index (χ0v) is 7.64. The van der Waals surface area contributed by atoms with E-state index in [2.05, 4.69) is 20.7 Å². The van der Waals surface area contributed by atoms with Gasteiger partial charge in [0, 0.05) is 5.88 Å². The predicted octanol–water partition coefficient (Wildman–Crippen LogP) is 0.306. The van der Waals surface area contributed by atoms with Gasteiger partial charge in [0.1, 0.15) is 0 Å². The lowest BCUT2D eigenvalue weighted by Crippen LogP contribution is -2.38. The van der Waals surface area contributed by atoms with Crippen LogP contribution in [0.1, 0.15) is 23.3 Å². The molecule has 5 nitrogen and oxygen atoms in total. The van der Waals surface area contributed by atoms with Crippen molar-refractivity contribution in [1.82, 2.24) is 20.7 Å². The molecule has 1 fully saturated rings. The highest BCUT2D eigenvalue weighted by molar-refractivity contribution is 6.19. The molecule has 0 spiro atoms. The van der Waals surface area contributed by atoms with Crippen molar-refractivity contribution in [2.24, 2.45) is 0 Å². The standard InChI is InChI=1S/C7H9ClN4O/c8-4-7(1-2-7)10-6(13)5-3-9-12-11-5/h3H,1-2,4H2,(H,10,13)(H,9,11,12). The number of hydrogen-bond donors (Lipinski definition) is 2. The van der Waals surface area contributed by atoms with Gasteiger partial charge in [0.05, 0.1) is 11.7 Å². The molecule has 70 valence electrons. The van der Waals surface area contributed by atoms with Crippen LogP contribution in [-0.4, -0.2) is 32.7 Å². The van der Waals surface area contributed by atoms with Gasteiger partial charge >= 0.3 is 0 Å². The molecule has 1 aliphatic carbocycles. The second-order valence-corrected chi connectivity index (χ2v) is 3.49. The Morgan fingerprint density at radius 1 is 1.77 bits per heavy atom. The molecule has 0 bridgehead atoms. The average molecular weight is 201 g/mol. The molecule has 1 saturated carbocycles. The molecule has 1 aliphatic rings. The van der Waals surface area contributed by atoms with E-state index in [1.807, 2.05) is 0 Å². The first kappa shape index (κ1) is 8.50. The molecule has 6 heteroatoms. The number of H-pyrrole nitrogens is 1. The molecule has 1 aromatic heterocycles. The molecule has 1 heterocycles. The highest BCUT2D eigenvalue weighted by Gasteiger charge is 2.43. The van der Waals surface area contributed by atoms with Crippen LogP contribution >= 0.6 is 11.6 Å². The third-order valence-corrected chi connectivity index (χ3v) is 2.65. The maximum Gasteiger partial charge on any atom is 0.273 e. The van der Waals surface area contributed by atoms with Crippen LogP contribution in [0.3, 0.4) is 0 Å². The zero-order chi connectivity index (χ0) is 9.31. The molecule has 0 atom stereocenters. The molecule has 1 aromatic rings. The first-order valence-electron chi connectivity index (χ1n) is 4.00. The number of aromatic amines is 1. The summed E-state index contributed by atoms with van der Waals surface area (Å²) < 4.78 is 0. The van der Waals surface area contributed by atoms with E-state index in [4.69, 9.17) is 11.6 Å². The SMILES string of the molecule is O=C(NC1(CCl)CC1)c1cn[nH]n1. The Kier molecular flexibility index (Phi) is 1.95. The average Bonchev–Trinajstić information content (AvgIpc) is 2.69. The quantitative estimate of drug-likeness (QED) is 0.690. The van der Waals surface area contributed by atoms with Crippen LogP contribution in [0.4, 0.5) is 0 Å². The van der Waals surface area contributed by atoms with E-state index in [9.17, 15) is 4.79 Å². The summed E-state index contributed by atoms with van der Waals surface area (Å²) in [4.78, 5) is 11.4. The molecule has 0 aromatic carbocycles. The van der Waals surface area contributed by atoms with E-state index in [0.717, 1.165) is 12.8 Å². The van der Waals surface area contributed by atoms with Crippen molar-refractivity contribution in [2.75, 3.05) is 5.88 Å². The minimum atomic E-state index is -0.216. The Hall–Kier alpha value is -1.10. The van der Waals surface area contributed by atoms with E-state index in [0.29, 0.717) is 11.6 Å². The Bertz CT molecular complexity index is 306. The molecule has 13 heavy (non-hydrogen) atoms. The number of alkyl halides is 1. The number of rotatable bonds is 3. The lowest BCUT2D eigenvalue weighted by molar-refractivity contribution is 0.0931. The first-order chi connectivity index (χ1) is 6.26. The van der Waals surface area contributed by atoms with Gasteiger partial charge in [0.15, 0.2) is 5.69 Å². The largest absolute Gasteiger partial charge is 0.344 e. The Labute approximate surface area is 79.9 Å². The fourth-order valence-corrected chi connectivity index (χ4v) is 1.39. The molecular weight excluding hydrogens is 192 g/mol. The van der Waals surface area contributed by atoms with Crippen LogP contribution < -0.4 is 5.32 Å². The normalized spacial score (nSPS) is 18.2. The molecular formula is C7H9ClN4O. The van der Waals surface area contributed by atoms with Crippen molar-refractivity contribution in [1.29, 1.82) is 0 Å². The van der Waals surface area contributed by atoms with Gasteiger partial charge in [-0.25, -0.2) is 0 Å². The molecule has 0 aliphatic heterocycles. The summed E-state index contributed by atoms with van der Waals surface area (Å²) in [6.45, 7) is 0. The van der Waals surface area contributed by atoms with Gasteiger partial charge < -0.3 is 5.32 Å². The Morgan fingerprint density at radius 2 is 2.54 bits per heavy atom. The van der Waals surface area contributed by atoms with Gasteiger partial charge in [0.25, 0.3) is 5.91 Å². The summed E-state index contributed by atoms with van der Waals surface area (Å²) in [5, 5.41) is 12.4. The van der Waals surface area contributed by atoms with Gasteiger partial charge in [-0.1, -0.05) is 0 Å². The highest BCUT2D eigenvalue weighted by Crippen LogP contribution is 2.36. The topological polar surface area (TPSA) is 70.7 Å². The fourth-order valence-electron chi connectivity index (χ4n) is 1.06. The summed E-state index contributed by atoms with van der Waals surface area (Å²) in [6.07, 6.45) is 3.28. The molecule has 0 unspecified atom stereocenters. The van der Waals surface area contributed by atoms with E-state index in [-0.39, 0.29) is 11.4 Å². The van der Waals surface area contributed by atoms with Crippen LogP contribution in [0.15, 0.2) is 6.20 Å². The van der Waals surface area contributed by atoms with Crippen molar-refractivity contribution in [3.05, 3.63) is 11.9 Å². The lowest BCUT2D eigenvalue weighted by Gasteiger charge is -2.11. The van der Waals surface area contributed by atoms with Gasteiger partial charge in [-0.05, 0) is 12.8 Å². The third-order valence-electron chi connectivity index (χ3n) is 2.14. The monoisotopic (exact) mass is 200 g/mol. The minimum Gasteiger partial charge on any atom is -0.344 e. The van der Waals surface area contributed by atoms with Crippen LogP contribution in [0.25, 0.3) is 0 Å². The number of halogens is 1. The van der Waals surface area contributed by atoms with Gasteiger partial charge in [-0.3, -0.25) is 4.79 Å². The van der Waals surface area contributed by atoms with Crippen molar-refractivity contribution in [3.8, 4) is 0 Å². The van der Waals surface area contributed by atoms with Crippen molar-refractivity contribution >= 4 is 17.5 Å².